The lowest BCUT2D eigenvalue weighted by Crippen LogP contribution is -2.29. The molecule has 0 saturated carbocycles. The van der Waals surface area contributed by atoms with E-state index in [0.29, 0.717) is 18.8 Å². The number of rotatable bonds is 8. The van der Waals surface area contributed by atoms with Crippen LogP contribution in [0.2, 0.25) is 0 Å². The predicted octanol–water partition coefficient (Wildman–Crippen LogP) is 1.48. The second-order valence-corrected chi connectivity index (χ2v) is 5.04. The molecule has 0 radical (unpaired) electrons. The molecule has 0 saturated heterocycles. The SMILES string of the molecule is CCCCn1c(C)cc(=O)c(O)c1CN(CC)CCO. The van der Waals surface area contributed by atoms with Crippen molar-refractivity contribution in [1.29, 1.82) is 0 Å². The Bertz CT molecular complexity index is 483. The molecule has 0 amide bonds. The van der Waals surface area contributed by atoms with Gasteiger partial charge in [0.15, 0.2) is 5.75 Å². The molecular formula is C15H26N2O3. The third-order valence-electron chi connectivity index (χ3n) is 3.57. The summed E-state index contributed by atoms with van der Waals surface area (Å²) in [5.41, 5.74) is 1.19. The molecule has 0 aliphatic rings. The van der Waals surface area contributed by atoms with Gasteiger partial charge < -0.3 is 14.8 Å². The second kappa shape index (κ2) is 8.07. The number of likely N-dealkylation sites (N-methyl/N-ethyl adjacent to an activating group) is 1. The lowest BCUT2D eigenvalue weighted by molar-refractivity contribution is 0.191. The van der Waals surface area contributed by atoms with Gasteiger partial charge in [-0.05, 0) is 19.9 Å². The van der Waals surface area contributed by atoms with Crippen molar-refractivity contribution >= 4 is 0 Å². The molecule has 0 aliphatic carbocycles. The summed E-state index contributed by atoms with van der Waals surface area (Å²) in [4.78, 5) is 13.8. The number of hydrogen-bond acceptors (Lipinski definition) is 4. The maximum Gasteiger partial charge on any atom is 0.223 e. The molecule has 2 N–H and O–H groups in total. The van der Waals surface area contributed by atoms with E-state index in [2.05, 4.69) is 6.92 Å². The Morgan fingerprint density at radius 3 is 2.60 bits per heavy atom. The molecule has 1 rings (SSSR count). The van der Waals surface area contributed by atoms with Crippen LogP contribution in [0.4, 0.5) is 0 Å². The van der Waals surface area contributed by atoms with Crippen molar-refractivity contribution in [2.24, 2.45) is 0 Å². The highest BCUT2D eigenvalue weighted by Crippen LogP contribution is 2.17. The number of pyridine rings is 1. The van der Waals surface area contributed by atoms with Crippen molar-refractivity contribution < 1.29 is 10.2 Å². The zero-order valence-electron chi connectivity index (χ0n) is 12.7. The molecule has 1 aromatic heterocycles. The number of hydrogen-bond donors (Lipinski definition) is 2. The molecule has 0 unspecified atom stereocenters. The Balaban J connectivity index is 3.15. The van der Waals surface area contributed by atoms with Gasteiger partial charge in [-0.3, -0.25) is 9.69 Å². The van der Waals surface area contributed by atoms with Crippen LogP contribution in [0.25, 0.3) is 0 Å². The van der Waals surface area contributed by atoms with Crippen molar-refractivity contribution in [1.82, 2.24) is 9.47 Å². The fourth-order valence-electron chi connectivity index (χ4n) is 2.31. The summed E-state index contributed by atoms with van der Waals surface area (Å²) < 4.78 is 2.01. The molecule has 1 aromatic rings. The topological polar surface area (TPSA) is 65.7 Å². The van der Waals surface area contributed by atoms with E-state index < -0.39 is 0 Å². The molecule has 0 fully saturated rings. The van der Waals surface area contributed by atoms with Gasteiger partial charge in [-0.25, -0.2) is 0 Å². The first-order valence-electron chi connectivity index (χ1n) is 7.30. The average Bonchev–Trinajstić information content (AvgIpc) is 2.43. The highest BCUT2D eigenvalue weighted by Gasteiger charge is 2.15. The number of aliphatic hydroxyl groups excluding tert-OH is 1. The molecule has 114 valence electrons. The molecule has 0 atom stereocenters. The lowest BCUT2D eigenvalue weighted by atomic mass is 10.2. The normalized spacial score (nSPS) is 11.2. The maximum atomic E-state index is 11.8. The quantitative estimate of drug-likeness (QED) is 0.758. The van der Waals surface area contributed by atoms with Crippen molar-refractivity contribution in [2.45, 2.75) is 46.7 Å². The van der Waals surface area contributed by atoms with Gasteiger partial charge >= 0.3 is 0 Å². The lowest BCUT2D eigenvalue weighted by Gasteiger charge is -2.24. The fourth-order valence-corrected chi connectivity index (χ4v) is 2.31. The van der Waals surface area contributed by atoms with Crippen molar-refractivity contribution in [3.8, 4) is 5.75 Å². The van der Waals surface area contributed by atoms with Gasteiger partial charge in [-0.2, -0.15) is 0 Å². The minimum absolute atomic E-state index is 0.0691. The van der Waals surface area contributed by atoms with Crippen LogP contribution >= 0.6 is 0 Å². The summed E-state index contributed by atoms with van der Waals surface area (Å²) in [6.45, 7) is 8.63. The Morgan fingerprint density at radius 1 is 1.35 bits per heavy atom. The van der Waals surface area contributed by atoms with Crippen LogP contribution in [-0.4, -0.2) is 39.4 Å². The molecule has 0 bridgehead atoms. The Morgan fingerprint density at radius 2 is 2.05 bits per heavy atom. The van der Waals surface area contributed by atoms with Crippen LogP contribution in [0.5, 0.6) is 5.75 Å². The van der Waals surface area contributed by atoms with E-state index in [1.54, 1.807) is 0 Å². The molecule has 5 heteroatoms. The summed E-state index contributed by atoms with van der Waals surface area (Å²) in [5.74, 6) is -0.164. The largest absolute Gasteiger partial charge is 0.503 e. The standard InChI is InChI=1S/C15H26N2O3/c1-4-6-7-17-12(3)10-14(19)15(20)13(17)11-16(5-2)8-9-18/h10,18,20H,4-9,11H2,1-3H3. The predicted molar refractivity (Wildman–Crippen MR) is 80.0 cm³/mol. The average molecular weight is 282 g/mol. The summed E-state index contributed by atoms with van der Waals surface area (Å²) in [6, 6.07) is 1.48. The first kappa shape index (κ1) is 16.7. The molecule has 5 nitrogen and oxygen atoms in total. The summed E-state index contributed by atoms with van der Waals surface area (Å²) in [6.07, 6.45) is 2.06. The van der Waals surface area contributed by atoms with Gasteiger partial charge in [0.2, 0.25) is 5.43 Å². The zero-order valence-corrected chi connectivity index (χ0v) is 12.7. The van der Waals surface area contributed by atoms with Gasteiger partial charge in [0, 0.05) is 31.4 Å². The van der Waals surface area contributed by atoms with Gasteiger partial charge in [0.25, 0.3) is 0 Å². The van der Waals surface area contributed by atoms with Crippen LogP contribution < -0.4 is 5.43 Å². The molecule has 0 aliphatic heterocycles. The van der Waals surface area contributed by atoms with E-state index in [1.807, 2.05) is 23.3 Å². The number of unbranched alkanes of at least 4 members (excludes halogenated alkanes) is 1. The zero-order chi connectivity index (χ0) is 15.1. The number of aliphatic hydroxyl groups is 1. The monoisotopic (exact) mass is 282 g/mol. The number of aromatic nitrogens is 1. The number of aryl methyl sites for hydroxylation is 1. The molecule has 0 spiro atoms. The smallest absolute Gasteiger partial charge is 0.223 e. The minimum atomic E-state index is -0.328. The molecule has 0 aromatic carbocycles. The van der Waals surface area contributed by atoms with Gasteiger partial charge in [0.1, 0.15) is 0 Å². The van der Waals surface area contributed by atoms with Crippen molar-refractivity contribution in [3.63, 3.8) is 0 Å². The Hall–Kier alpha value is -1.33. The first-order valence-corrected chi connectivity index (χ1v) is 7.30. The van der Waals surface area contributed by atoms with E-state index in [0.717, 1.165) is 31.6 Å². The van der Waals surface area contributed by atoms with Crippen LogP contribution in [-0.2, 0) is 13.1 Å². The molecular weight excluding hydrogens is 256 g/mol. The Kier molecular flexibility index (Phi) is 6.75. The highest BCUT2D eigenvalue weighted by atomic mass is 16.3. The van der Waals surface area contributed by atoms with Gasteiger partial charge in [0.05, 0.1) is 12.3 Å². The van der Waals surface area contributed by atoms with Crippen molar-refractivity contribution in [3.05, 3.63) is 27.7 Å². The fraction of sp³-hybridized carbons (Fsp3) is 0.667. The second-order valence-electron chi connectivity index (χ2n) is 5.04. The summed E-state index contributed by atoms with van der Waals surface area (Å²) in [5, 5.41) is 19.2. The summed E-state index contributed by atoms with van der Waals surface area (Å²) >= 11 is 0. The number of aromatic hydroxyl groups is 1. The van der Waals surface area contributed by atoms with E-state index in [4.69, 9.17) is 5.11 Å². The highest BCUT2D eigenvalue weighted by molar-refractivity contribution is 5.29. The number of nitrogens with zero attached hydrogens (tertiary/aromatic N) is 2. The third kappa shape index (κ3) is 4.08. The van der Waals surface area contributed by atoms with Crippen LogP contribution in [0.1, 0.15) is 38.1 Å². The summed E-state index contributed by atoms with van der Waals surface area (Å²) in [7, 11) is 0. The van der Waals surface area contributed by atoms with Crippen LogP contribution in [0.15, 0.2) is 10.9 Å². The van der Waals surface area contributed by atoms with E-state index in [9.17, 15) is 9.90 Å². The van der Waals surface area contributed by atoms with E-state index in [-0.39, 0.29) is 17.8 Å². The first-order chi connectivity index (χ1) is 9.54. The van der Waals surface area contributed by atoms with E-state index in [1.165, 1.54) is 6.07 Å². The molecule has 20 heavy (non-hydrogen) atoms. The van der Waals surface area contributed by atoms with Gasteiger partial charge in [-0.15, -0.1) is 0 Å². The van der Waals surface area contributed by atoms with Crippen molar-refractivity contribution in [2.75, 3.05) is 19.7 Å². The minimum Gasteiger partial charge on any atom is -0.503 e. The molecule has 1 heterocycles. The van der Waals surface area contributed by atoms with Crippen LogP contribution in [0, 0.1) is 6.92 Å². The van der Waals surface area contributed by atoms with Gasteiger partial charge in [-0.1, -0.05) is 20.3 Å². The van der Waals surface area contributed by atoms with E-state index >= 15 is 0 Å². The Labute approximate surface area is 120 Å². The van der Waals surface area contributed by atoms with Crippen LogP contribution in [0.3, 0.4) is 0 Å². The third-order valence-corrected chi connectivity index (χ3v) is 3.57. The maximum absolute atomic E-state index is 11.8.